The maximum absolute atomic E-state index is 12.2. The first-order chi connectivity index (χ1) is 26.7. The molecule has 0 aliphatic rings. The van der Waals surface area contributed by atoms with Crippen LogP contribution < -0.4 is 0 Å². The molecule has 0 amide bonds. The second kappa shape index (κ2) is 27.7. The highest BCUT2D eigenvalue weighted by atomic mass is 28.4. The molecule has 7 nitrogen and oxygen atoms in total. The molecule has 0 aromatic rings. The van der Waals surface area contributed by atoms with E-state index in [1.807, 2.05) is 26.0 Å². The fraction of sp³-hybridized carbons (Fsp3) is 0.771. The Kier molecular flexibility index (Phi) is 27.1. The predicted molar refractivity (Wildman–Crippen MR) is 258 cm³/mol. The Morgan fingerprint density at radius 3 is 1.88 bits per heavy atom. The van der Waals surface area contributed by atoms with Crippen molar-refractivity contribution in [2.24, 2.45) is 5.92 Å². The zero-order valence-electron chi connectivity index (χ0n) is 41.3. The zero-order valence-corrected chi connectivity index (χ0v) is 44.3. The first kappa shape index (κ1) is 56.8. The lowest BCUT2D eigenvalue weighted by atomic mass is 9.95. The average molecular weight is 866 g/mol. The number of hydrogen-bond acceptors (Lipinski definition) is 7. The van der Waals surface area contributed by atoms with E-state index < -0.39 is 24.7 Å². The Balaban J connectivity index is 6.21. The molecule has 0 spiro atoms. The maximum Gasteiger partial charge on any atom is 0.200 e. The van der Waals surface area contributed by atoms with Crippen LogP contribution in [0.15, 0.2) is 59.3 Å². The van der Waals surface area contributed by atoms with E-state index in [0.717, 1.165) is 43.1 Å². The molecular formula is C48H92O7Si3. The highest BCUT2D eigenvalue weighted by Crippen LogP contribution is 2.43. The van der Waals surface area contributed by atoms with Crippen molar-refractivity contribution >= 4 is 30.5 Å². The second-order valence-corrected chi connectivity index (χ2v) is 36.3. The molecule has 58 heavy (non-hydrogen) atoms. The molecule has 0 N–H and O–H groups in total. The van der Waals surface area contributed by atoms with Crippen LogP contribution in [0, 0.1) is 5.92 Å². The normalized spacial score (nSPS) is 16.3. The Morgan fingerprint density at radius 1 is 0.776 bits per heavy atom. The number of ether oxygens (including phenoxy) is 4. The van der Waals surface area contributed by atoms with Gasteiger partial charge in [0, 0.05) is 34.1 Å². The summed E-state index contributed by atoms with van der Waals surface area (Å²) in [6, 6.07) is 1.11. The number of carbonyl (C=O) groups is 1. The highest BCUT2D eigenvalue weighted by Gasteiger charge is 2.47. The molecule has 0 saturated heterocycles. The molecule has 10 heteroatoms. The van der Waals surface area contributed by atoms with Crippen LogP contribution in [0.1, 0.15) is 123 Å². The SMILES string of the molecule is COCO[C@H](CO[Si](C(C)C)(C(C)C)C(C)C)[C@@H](CC/C=C/C=C(\C)C[C@@H](OCOCC[Si](C)(C)C)[C@H](C)/C=C(C)/C=C/CC(=O)C=C(C)C)O[Si](C)(C)C(C)(C)C. The van der Waals surface area contributed by atoms with Crippen molar-refractivity contribution in [2.45, 2.75) is 201 Å². The van der Waals surface area contributed by atoms with Crippen molar-refractivity contribution in [3.63, 3.8) is 0 Å². The van der Waals surface area contributed by atoms with Gasteiger partial charge in [-0.05, 0) is 93.8 Å². The van der Waals surface area contributed by atoms with Crippen molar-refractivity contribution in [3.05, 3.63) is 59.3 Å². The monoisotopic (exact) mass is 865 g/mol. The Hall–Kier alpha value is -1.22. The fourth-order valence-electron chi connectivity index (χ4n) is 7.28. The van der Waals surface area contributed by atoms with Gasteiger partial charge in [0.25, 0.3) is 0 Å². The van der Waals surface area contributed by atoms with Gasteiger partial charge in [-0.1, -0.05) is 142 Å². The topological polar surface area (TPSA) is 72.5 Å². The molecule has 0 fully saturated rings. The van der Waals surface area contributed by atoms with E-state index in [1.54, 1.807) is 13.2 Å². The van der Waals surface area contributed by atoms with Crippen molar-refractivity contribution in [1.82, 2.24) is 0 Å². The number of rotatable bonds is 30. The van der Waals surface area contributed by atoms with E-state index in [4.69, 9.17) is 27.8 Å². The van der Waals surface area contributed by atoms with E-state index in [1.165, 1.54) is 5.57 Å². The third-order valence-corrected chi connectivity index (χ3v) is 23.8. The lowest BCUT2D eigenvalue weighted by Gasteiger charge is -2.45. The number of ketones is 1. The molecule has 0 heterocycles. The molecule has 0 rings (SSSR count). The first-order valence-corrected chi connectivity index (χ1v) is 30.9. The summed E-state index contributed by atoms with van der Waals surface area (Å²) in [7, 11) is -3.76. The van der Waals surface area contributed by atoms with E-state index in [0.29, 0.717) is 29.7 Å². The molecule has 0 bridgehead atoms. The summed E-state index contributed by atoms with van der Waals surface area (Å²) in [6.07, 6.45) is 17.0. The van der Waals surface area contributed by atoms with Gasteiger partial charge < -0.3 is 27.8 Å². The summed E-state index contributed by atoms with van der Waals surface area (Å²) >= 11 is 0. The zero-order chi connectivity index (χ0) is 44.9. The molecule has 338 valence electrons. The first-order valence-electron chi connectivity index (χ1n) is 22.2. The van der Waals surface area contributed by atoms with Crippen molar-refractivity contribution in [3.8, 4) is 0 Å². The van der Waals surface area contributed by atoms with Gasteiger partial charge in [-0.3, -0.25) is 4.79 Å². The third kappa shape index (κ3) is 22.6. The molecule has 0 aliphatic heterocycles. The number of hydrogen-bond donors (Lipinski definition) is 0. The minimum atomic E-state index is -2.13. The third-order valence-electron chi connectivity index (χ3n) is 11.6. The van der Waals surface area contributed by atoms with Crippen LogP contribution in [0.3, 0.4) is 0 Å². The van der Waals surface area contributed by atoms with Crippen molar-refractivity contribution in [1.29, 1.82) is 0 Å². The van der Waals surface area contributed by atoms with Crippen LogP contribution in [-0.2, 0) is 32.6 Å². The lowest BCUT2D eigenvalue weighted by Crippen LogP contribution is -2.52. The standard InChI is InChI=1S/C48H92O7Si3/c1-37(2)31-44(49)27-24-26-41(9)32-43(11)46(53-36-51-29-30-56(16,17)18)33-42(10)25-22-21-23-28-45(55-57(19,20)48(12,13)14)47(52-35-50-15)34-54-58(38(3)4,39(5)6)40(7)8/h21-22,24-26,31-32,38-40,43,45-47H,23,27-30,33-36H2,1-20H3/b22-21+,26-24+,41-32+,42-25+/t43-,45-,46-,47-/m1/s1. The summed E-state index contributed by atoms with van der Waals surface area (Å²) in [6.45, 7) is 44.6. The van der Waals surface area contributed by atoms with E-state index in [2.05, 4.69) is 140 Å². The van der Waals surface area contributed by atoms with Gasteiger partial charge >= 0.3 is 0 Å². The summed E-state index contributed by atoms with van der Waals surface area (Å²) < 4.78 is 38.5. The van der Waals surface area contributed by atoms with Crippen LogP contribution in [0.25, 0.3) is 0 Å². The maximum atomic E-state index is 12.2. The van der Waals surface area contributed by atoms with Gasteiger partial charge in [0.15, 0.2) is 22.4 Å². The summed E-state index contributed by atoms with van der Waals surface area (Å²) in [5, 5.41) is 0.0590. The van der Waals surface area contributed by atoms with Gasteiger partial charge in [0.2, 0.25) is 0 Å². The minimum absolute atomic E-state index is 0.0496. The molecule has 0 unspecified atom stereocenters. The van der Waals surface area contributed by atoms with Crippen molar-refractivity contribution in [2.75, 3.05) is 33.9 Å². The van der Waals surface area contributed by atoms with Crippen LogP contribution >= 0.6 is 0 Å². The quantitative estimate of drug-likeness (QED) is 0.0234. The van der Waals surface area contributed by atoms with Gasteiger partial charge in [-0.15, -0.1) is 0 Å². The van der Waals surface area contributed by atoms with Crippen LogP contribution in [0.4, 0.5) is 0 Å². The van der Waals surface area contributed by atoms with E-state index in [-0.39, 0.29) is 48.6 Å². The Bertz CT molecular complexity index is 1290. The molecule has 0 saturated carbocycles. The van der Waals surface area contributed by atoms with Gasteiger partial charge in [-0.2, -0.15) is 0 Å². The van der Waals surface area contributed by atoms with E-state index >= 15 is 0 Å². The van der Waals surface area contributed by atoms with Gasteiger partial charge in [0.05, 0.1) is 18.8 Å². The van der Waals surface area contributed by atoms with Crippen LogP contribution in [0.2, 0.25) is 60.4 Å². The number of methoxy groups -OCH3 is 1. The second-order valence-electron chi connectivity index (χ2n) is 20.5. The molecule has 0 aromatic heterocycles. The summed E-state index contributed by atoms with van der Waals surface area (Å²) in [4.78, 5) is 12.2. The number of carbonyl (C=O) groups excluding carboxylic acids is 1. The molecular weight excluding hydrogens is 773 g/mol. The Morgan fingerprint density at radius 2 is 1.36 bits per heavy atom. The smallest absolute Gasteiger partial charge is 0.200 e. The average Bonchev–Trinajstić information content (AvgIpc) is 3.06. The highest BCUT2D eigenvalue weighted by molar-refractivity contribution is 6.77. The van der Waals surface area contributed by atoms with E-state index in [9.17, 15) is 4.79 Å². The molecule has 4 atom stereocenters. The lowest BCUT2D eigenvalue weighted by molar-refractivity contribution is -0.123. The molecule has 0 radical (unpaired) electrons. The largest absolute Gasteiger partial charge is 0.413 e. The van der Waals surface area contributed by atoms with Gasteiger partial charge in [-0.25, -0.2) is 0 Å². The molecule has 0 aliphatic carbocycles. The predicted octanol–water partition coefficient (Wildman–Crippen LogP) is 14.0. The minimum Gasteiger partial charge on any atom is -0.413 e. The summed E-state index contributed by atoms with van der Waals surface area (Å²) in [5.74, 6) is 0.270. The van der Waals surface area contributed by atoms with Crippen molar-refractivity contribution < 1.29 is 32.6 Å². The summed E-state index contributed by atoms with van der Waals surface area (Å²) in [5.41, 5.74) is 4.82. The fourth-order valence-corrected chi connectivity index (χ4v) is 14.9. The van der Waals surface area contributed by atoms with Gasteiger partial charge in [0.1, 0.15) is 19.7 Å². The number of allylic oxidation sites excluding steroid dienone is 8. The Labute approximate surface area is 362 Å². The molecule has 0 aromatic carbocycles. The van der Waals surface area contributed by atoms with Crippen LogP contribution in [0.5, 0.6) is 0 Å². The van der Waals surface area contributed by atoms with Crippen LogP contribution in [-0.4, -0.2) is 82.7 Å².